The highest BCUT2D eigenvalue weighted by Gasteiger charge is 2.30. The van der Waals surface area contributed by atoms with E-state index in [1.165, 1.54) is 44.6 Å². The van der Waals surface area contributed by atoms with Crippen molar-refractivity contribution >= 4 is 5.69 Å². The Balaban J connectivity index is 1.71. The molecule has 3 nitrogen and oxygen atoms in total. The molecule has 86 valence electrons. The Morgan fingerprint density at radius 3 is 3.00 bits per heavy atom. The number of pyridine rings is 1. The molecule has 0 saturated carbocycles. The van der Waals surface area contributed by atoms with Gasteiger partial charge in [-0.1, -0.05) is 0 Å². The Labute approximate surface area is 96.9 Å². The van der Waals surface area contributed by atoms with E-state index in [-0.39, 0.29) is 0 Å². The first-order valence-electron chi connectivity index (χ1n) is 6.32. The topological polar surface area (TPSA) is 28.2 Å². The van der Waals surface area contributed by atoms with Gasteiger partial charge in [0.15, 0.2) is 0 Å². The minimum atomic E-state index is 0.770. The van der Waals surface area contributed by atoms with Crippen molar-refractivity contribution in [1.29, 1.82) is 0 Å². The molecule has 2 saturated heterocycles. The summed E-state index contributed by atoms with van der Waals surface area (Å²) in [6.45, 7) is 3.61. The van der Waals surface area contributed by atoms with Crippen molar-refractivity contribution < 1.29 is 0 Å². The molecule has 1 N–H and O–H groups in total. The van der Waals surface area contributed by atoms with Crippen LogP contribution in [-0.4, -0.2) is 30.7 Å². The first-order valence-corrected chi connectivity index (χ1v) is 6.32. The van der Waals surface area contributed by atoms with E-state index in [4.69, 9.17) is 0 Å². The normalized spacial score (nSPS) is 29.9. The lowest BCUT2D eigenvalue weighted by molar-refractivity contribution is 0.244. The van der Waals surface area contributed by atoms with Gasteiger partial charge >= 0.3 is 0 Å². The fraction of sp³-hybridized carbons (Fsp3) is 0.615. The standard InChI is InChI=1S/C13H19N3/c1-2-11-10-16(9-5-13(11)15-6-1)12-3-7-14-8-4-12/h3-4,7-8,11,13,15H,1-2,5-6,9-10H2. The molecule has 0 spiro atoms. The van der Waals surface area contributed by atoms with Crippen molar-refractivity contribution in [3.05, 3.63) is 24.5 Å². The molecule has 0 radical (unpaired) electrons. The van der Waals surface area contributed by atoms with Crippen LogP contribution in [0.3, 0.4) is 0 Å². The summed E-state index contributed by atoms with van der Waals surface area (Å²) >= 11 is 0. The van der Waals surface area contributed by atoms with Crippen LogP contribution in [0.25, 0.3) is 0 Å². The van der Waals surface area contributed by atoms with Crippen molar-refractivity contribution in [2.24, 2.45) is 5.92 Å². The number of hydrogen-bond donors (Lipinski definition) is 1. The average molecular weight is 217 g/mol. The summed E-state index contributed by atoms with van der Waals surface area (Å²) in [6.07, 6.45) is 7.79. The fourth-order valence-electron chi connectivity index (χ4n) is 3.03. The van der Waals surface area contributed by atoms with Crippen LogP contribution in [0.4, 0.5) is 5.69 Å². The van der Waals surface area contributed by atoms with Gasteiger partial charge in [0.25, 0.3) is 0 Å². The van der Waals surface area contributed by atoms with Crippen molar-refractivity contribution in [3.8, 4) is 0 Å². The first kappa shape index (κ1) is 10.1. The van der Waals surface area contributed by atoms with Gasteiger partial charge in [0.05, 0.1) is 0 Å². The fourth-order valence-corrected chi connectivity index (χ4v) is 3.03. The monoisotopic (exact) mass is 217 g/mol. The zero-order valence-electron chi connectivity index (χ0n) is 9.60. The van der Waals surface area contributed by atoms with Gasteiger partial charge in [0, 0.05) is 37.2 Å². The first-order chi connectivity index (χ1) is 7.93. The minimum absolute atomic E-state index is 0.770. The van der Waals surface area contributed by atoms with E-state index < -0.39 is 0 Å². The molecule has 3 heterocycles. The van der Waals surface area contributed by atoms with Crippen LogP contribution in [0.1, 0.15) is 19.3 Å². The highest BCUT2D eigenvalue weighted by atomic mass is 15.2. The van der Waals surface area contributed by atoms with E-state index in [0.29, 0.717) is 0 Å². The Bertz CT molecular complexity index is 338. The molecule has 2 atom stereocenters. The Morgan fingerprint density at radius 2 is 2.12 bits per heavy atom. The van der Waals surface area contributed by atoms with Gasteiger partial charge in [-0.05, 0) is 43.9 Å². The molecule has 1 aromatic heterocycles. The van der Waals surface area contributed by atoms with Crippen molar-refractivity contribution in [2.45, 2.75) is 25.3 Å². The van der Waals surface area contributed by atoms with E-state index in [1.807, 2.05) is 12.4 Å². The van der Waals surface area contributed by atoms with E-state index in [1.54, 1.807) is 0 Å². The van der Waals surface area contributed by atoms with Crippen molar-refractivity contribution in [2.75, 3.05) is 24.5 Å². The van der Waals surface area contributed by atoms with E-state index in [9.17, 15) is 0 Å². The van der Waals surface area contributed by atoms with Crippen LogP contribution in [0, 0.1) is 5.92 Å². The molecule has 0 amide bonds. The maximum atomic E-state index is 4.08. The molecule has 2 unspecified atom stereocenters. The molecule has 1 aromatic rings. The smallest absolute Gasteiger partial charge is 0.0397 e. The second kappa shape index (κ2) is 4.42. The van der Waals surface area contributed by atoms with Gasteiger partial charge in [-0.25, -0.2) is 0 Å². The molecule has 3 rings (SSSR count). The van der Waals surface area contributed by atoms with E-state index in [0.717, 1.165) is 12.0 Å². The number of hydrogen-bond acceptors (Lipinski definition) is 3. The number of anilines is 1. The minimum Gasteiger partial charge on any atom is -0.371 e. The third kappa shape index (κ3) is 1.92. The van der Waals surface area contributed by atoms with Crippen LogP contribution in [0.2, 0.25) is 0 Å². The molecular weight excluding hydrogens is 198 g/mol. The predicted molar refractivity (Wildman–Crippen MR) is 65.6 cm³/mol. The zero-order valence-corrected chi connectivity index (χ0v) is 9.60. The lowest BCUT2D eigenvalue weighted by atomic mass is 9.85. The number of nitrogens with zero attached hydrogens (tertiary/aromatic N) is 2. The van der Waals surface area contributed by atoms with Crippen LogP contribution in [-0.2, 0) is 0 Å². The quantitative estimate of drug-likeness (QED) is 0.775. The third-order valence-electron chi connectivity index (χ3n) is 3.92. The molecule has 2 fully saturated rings. The highest BCUT2D eigenvalue weighted by Crippen LogP contribution is 2.27. The second-order valence-corrected chi connectivity index (χ2v) is 4.90. The van der Waals surface area contributed by atoms with Crippen LogP contribution in [0.5, 0.6) is 0 Å². The summed E-state index contributed by atoms with van der Waals surface area (Å²) in [6, 6.07) is 5.01. The summed E-state index contributed by atoms with van der Waals surface area (Å²) in [5, 5.41) is 3.65. The molecule has 16 heavy (non-hydrogen) atoms. The van der Waals surface area contributed by atoms with Crippen molar-refractivity contribution in [3.63, 3.8) is 0 Å². The van der Waals surface area contributed by atoms with Crippen LogP contribution < -0.4 is 10.2 Å². The molecule has 2 aliphatic rings. The summed E-state index contributed by atoms with van der Waals surface area (Å²) in [7, 11) is 0. The van der Waals surface area contributed by atoms with Gasteiger partial charge < -0.3 is 10.2 Å². The number of rotatable bonds is 1. The number of fused-ring (bicyclic) bond motifs is 1. The highest BCUT2D eigenvalue weighted by molar-refractivity contribution is 5.45. The summed E-state index contributed by atoms with van der Waals surface area (Å²) in [4.78, 5) is 6.59. The largest absolute Gasteiger partial charge is 0.371 e. The number of aromatic nitrogens is 1. The van der Waals surface area contributed by atoms with E-state index in [2.05, 4.69) is 27.3 Å². The van der Waals surface area contributed by atoms with Crippen molar-refractivity contribution in [1.82, 2.24) is 10.3 Å². The molecule has 0 aliphatic carbocycles. The van der Waals surface area contributed by atoms with Gasteiger partial charge in [0.1, 0.15) is 0 Å². The lowest BCUT2D eigenvalue weighted by Crippen LogP contribution is -2.52. The average Bonchev–Trinajstić information content (AvgIpc) is 2.39. The second-order valence-electron chi connectivity index (χ2n) is 4.90. The Hall–Kier alpha value is -1.09. The summed E-state index contributed by atoms with van der Waals surface area (Å²) < 4.78 is 0. The van der Waals surface area contributed by atoms with E-state index >= 15 is 0 Å². The molecular formula is C13H19N3. The molecule has 3 heteroatoms. The third-order valence-corrected chi connectivity index (χ3v) is 3.92. The summed E-state index contributed by atoms with van der Waals surface area (Å²) in [5.41, 5.74) is 1.33. The number of piperidine rings is 2. The van der Waals surface area contributed by atoms with Gasteiger partial charge in [-0.3, -0.25) is 4.98 Å². The maximum Gasteiger partial charge on any atom is 0.0397 e. The summed E-state index contributed by atoms with van der Waals surface area (Å²) in [5.74, 6) is 0.843. The predicted octanol–water partition coefficient (Wildman–Crippen LogP) is 1.66. The Kier molecular flexibility index (Phi) is 2.79. The molecule has 0 aromatic carbocycles. The molecule has 0 bridgehead atoms. The van der Waals surface area contributed by atoms with Gasteiger partial charge in [-0.15, -0.1) is 0 Å². The SMILES string of the molecule is c1cc(N2CCC3NCCCC3C2)ccn1. The van der Waals surface area contributed by atoms with Crippen LogP contribution >= 0.6 is 0 Å². The van der Waals surface area contributed by atoms with Gasteiger partial charge in [-0.2, -0.15) is 0 Å². The Morgan fingerprint density at radius 1 is 1.25 bits per heavy atom. The molecule has 2 aliphatic heterocycles. The number of nitrogens with one attached hydrogen (secondary N) is 1. The maximum absolute atomic E-state index is 4.08. The van der Waals surface area contributed by atoms with Gasteiger partial charge in [0.2, 0.25) is 0 Å². The lowest BCUT2D eigenvalue weighted by Gasteiger charge is -2.42. The zero-order chi connectivity index (χ0) is 10.8. The van der Waals surface area contributed by atoms with Crippen LogP contribution in [0.15, 0.2) is 24.5 Å².